The maximum absolute atomic E-state index is 12.5. The first-order valence-electron chi connectivity index (χ1n) is 8.97. The standard InChI is InChI=1S/C20H15ClF3N3O5/c1-30-16(28)10-15(25-18(29)12-2-6-13(21)7-3-12)19-26-17(27-32-19)11-4-8-14(9-5-11)31-20(22,23)24/h2-9,15H,10H2,1H3,(H,25,29)/t15-/m0/s1. The molecule has 0 unspecified atom stereocenters. The van der Waals surface area contributed by atoms with Gasteiger partial charge in [0.2, 0.25) is 11.7 Å². The molecule has 1 aromatic heterocycles. The van der Waals surface area contributed by atoms with Gasteiger partial charge in [-0.25, -0.2) is 0 Å². The Balaban J connectivity index is 1.79. The topological polar surface area (TPSA) is 104 Å². The van der Waals surface area contributed by atoms with Crippen molar-refractivity contribution in [2.45, 2.75) is 18.8 Å². The summed E-state index contributed by atoms with van der Waals surface area (Å²) in [6.07, 6.45) is -5.11. The number of amides is 1. The van der Waals surface area contributed by atoms with Gasteiger partial charge in [-0.05, 0) is 48.5 Å². The van der Waals surface area contributed by atoms with E-state index in [9.17, 15) is 22.8 Å². The molecule has 0 radical (unpaired) electrons. The summed E-state index contributed by atoms with van der Waals surface area (Å²) in [5.41, 5.74) is 0.611. The first-order valence-corrected chi connectivity index (χ1v) is 9.35. The monoisotopic (exact) mass is 469 g/mol. The average Bonchev–Trinajstić information content (AvgIpc) is 3.23. The van der Waals surface area contributed by atoms with Crippen molar-refractivity contribution in [3.8, 4) is 17.1 Å². The van der Waals surface area contributed by atoms with Crippen LogP contribution in [0, 0.1) is 0 Å². The van der Waals surface area contributed by atoms with E-state index >= 15 is 0 Å². The van der Waals surface area contributed by atoms with Crippen LogP contribution in [-0.4, -0.2) is 35.5 Å². The number of hydrogen-bond acceptors (Lipinski definition) is 7. The van der Waals surface area contributed by atoms with E-state index < -0.39 is 30.0 Å². The summed E-state index contributed by atoms with van der Waals surface area (Å²) < 4.78 is 50.5. The molecule has 3 rings (SSSR count). The molecule has 0 aliphatic carbocycles. The summed E-state index contributed by atoms with van der Waals surface area (Å²) in [5, 5.41) is 6.82. The lowest BCUT2D eigenvalue weighted by atomic mass is 10.1. The zero-order chi connectivity index (χ0) is 23.3. The van der Waals surface area contributed by atoms with Crippen LogP contribution in [0.1, 0.15) is 28.7 Å². The molecular formula is C20H15ClF3N3O5. The highest BCUT2D eigenvalue weighted by Crippen LogP contribution is 2.26. The molecule has 1 heterocycles. The summed E-state index contributed by atoms with van der Waals surface area (Å²) in [6, 6.07) is 9.83. The Morgan fingerprint density at radius 3 is 2.38 bits per heavy atom. The van der Waals surface area contributed by atoms with Gasteiger partial charge in [0.15, 0.2) is 0 Å². The Morgan fingerprint density at radius 2 is 1.78 bits per heavy atom. The van der Waals surface area contributed by atoms with Crippen LogP contribution in [0.25, 0.3) is 11.4 Å². The van der Waals surface area contributed by atoms with Crippen LogP contribution in [0.4, 0.5) is 13.2 Å². The zero-order valence-corrected chi connectivity index (χ0v) is 17.1. The number of carbonyl (C=O) groups excluding carboxylic acids is 2. The van der Waals surface area contributed by atoms with E-state index in [1.807, 2.05) is 0 Å². The van der Waals surface area contributed by atoms with Crippen LogP contribution in [0.3, 0.4) is 0 Å². The molecule has 3 aromatic rings. The normalized spacial score (nSPS) is 12.2. The number of nitrogens with zero attached hydrogens (tertiary/aromatic N) is 2. The first-order chi connectivity index (χ1) is 15.1. The van der Waals surface area contributed by atoms with Crippen LogP contribution < -0.4 is 10.1 Å². The lowest BCUT2D eigenvalue weighted by molar-refractivity contribution is -0.274. The van der Waals surface area contributed by atoms with Crippen molar-refractivity contribution < 1.29 is 36.8 Å². The van der Waals surface area contributed by atoms with E-state index in [0.29, 0.717) is 10.6 Å². The number of hydrogen-bond donors (Lipinski definition) is 1. The van der Waals surface area contributed by atoms with Gasteiger partial charge >= 0.3 is 12.3 Å². The lowest BCUT2D eigenvalue weighted by Crippen LogP contribution is -2.30. The van der Waals surface area contributed by atoms with Crippen LogP contribution in [0.5, 0.6) is 5.75 Å². The molecule has 0 bridgehead atoms. The van der Waals surface area contributed by atoms with E-state index in [4.69, 9.17) is 16.1 Å². The summed E-state index contributed by atoms with van der Waals surface area (Å²) in [4.78, 5) is 28.5. The van der Waals surface area contributed by atoms with Gasteiger partial charge in [-0.1, -0.05) is 16.8 Å². The molecule has 0 aliphatic heterocycles. The SMILES string of the molecule is COC(=O)C[C@H](NC(=O)c1ccc(Cl)cc1)c1nc(-c2ccc(OC(F)(F)F)cc2)no1. The van der Waals surface area contributed by atoms with Gasteiger partial charge in [0, 0.05) is 16.1 Å². The zero-order valence-electron chi connectivity index (χ0n) is 16.4. The van der Waals surface area contributed by atoms with Crippen molar-refractivity contribution in [1.29, 1.82) is 0 Å². The lowest BCUT2D eigenvalue weighted by Gasteiger charge is -2.14. The number of methoxy groups -OCH3 is 1. The molecule has 12 heteroatoms. The van der Waals surface area contributed by atoms with Crippen LogP contribution in [0.15, 0.2) is 53.1 Å². The third-order valence-electron chi connectivity index (χ3n) is 4.10. The molecule has 0 saturated carbocycles. The van der Waals surface area contributed by atoms with E-state index in [1.165, 1.54) is 43.5 Å². The molecular weight excluding hydrogens is 455 g/mol. The fourth-order valence-corrected chi connectivity index (χ4v) is 2.72. The maximum Gasteiger partial charge on any atom is 0.573 e. The number of esters is 1. The van der Waals surface area contributed by atoms with Gasteiger partial charge in [0.1, 0.15) is 11.8 Å². The van der Waals surface area contributed by atoms with Crippen LogP contribution in [-0.2, 0) is 9.53 Å². The molecule has 0 fully saturated rings. The number of benzene rings is 2. The Hall–Kier alpha value is -3.60. The highest BCUT2D eigenvalue weighted by atomic mass is 35.5. The molecule has 2 aromatic carbocycles. The van der Waals surface area contributed by atoms with Crippen molar-refractivity contribution in [3.63, 3.8) is 0 Å². The van der Waals surface area contributed by atoms with Crippen molar-refractivity contribution in [2.75, 3.05) is 7.11 Å². The molecule has 32 heavy (non-hydrogen) atoms. The highest BCUT2D eigenvalue weighted by molar-refractivity contribution is 6.30. The van der Waals surface area contributed by atoms with E-state index in [0.717, 1.165) is 12.1 Å². The second kappa shape index (κ2) is 9.69. The molecule has 168 valence electrons. The highest BCUT2D eigenvalue weighted by Gasteiger charge is 2.31. The van der Waals surface area contributed by atoms with Gasteiger partial charge in [0.05, 0.1) is 13.5 Å². The molecule has 1 N–H and O–H groups in total. The molecule has 0 saturated heterocycles. The van der Waals surface area contributed by atoms with Gasteiger partial charge in [-0.2, -0.15) is 4.98 Å². The van der Waals surface area contributed by atoms with E-state index in [2.05, 4.69) is 24.9 Å². The molecule has 0 aliphatic rings. The second-order valence-electron chi connectivity index (χ2n) is 6.34. The van der Waals surface area contributed by atoms with Crippen molar-refractivity contribution in [2.24, 2.45) is 0 Å². The maximum atomic E-state index is 12.5. The second-order valence-corrected chi connectivity index (χ2v) is 6.78. The number of aromatic nitrogens is 2. The minimum absolute atomic E-state index is 0.0363. The van der Waals surface area contributed by atoms with Gasteiger partial charge in [-0.3, -0.25) is 9.59 Å². The predicted octanol–water partition coefficient (Wildman–Crippen LogP) is 4.32. The smallest absolute Gasteiger partial charge is 0.469 e. The average molecular weight is 470 g/mol. The van der Waals surface area contributed by atoms with Crippen molar-refractivity contribution in [1.82, 2.24) is 15.5 Å². The van der Waals surface area contributed by atoms with E-state index in [-0.39, 0.29) is 23.7 Å². The quantitative estimate of drug-likeness (QED) is 0.514. The Bertz CT molecular complexity index is 1090. The Kier molecular flexibility index (Phi) is 6.98. The Labute approximate surface area is 184 Å². The van der Waals surface area contributed by atoms with Gasteiger partial charge < -0.3 is 19.3 Å². The summed E-state index contributed by atoms with van der Waals surface area (Å²) in [5.74, 6) is -1.63. The van der Waals surface area contributed by atoms with Crippen LogP contribution >= 0.6 is 11.6 Å². The van der Waals surface area contributed by atoms with Gasteiger partial charge in [0.25, 0.3) is 5.91 Å². The number of halogens is 4. The largest absolute Gasteiger partial charge is 0.573 e. The fourth-order valence-electron chi connectivity index (χ4n) is 2.59. The molecule has 1 atom stereocenters. The van der Waals surface area contributed by atoms with Gasteiger partial charge in [-0.15, -0.1) is 13.2 Å². The number of carbonyl (C=O) groups is 2. The molecule has 8 nitrogen and oxygen atoms in total. The van der Waals surface area contributed by atoms with Crippen molar-refractivity contribution in [3.05, 3.63) is 65.0 Å². The fraction of sp³-hybridized carbons (Fsp3) is 0.200. The molecule has 0 spiro atoms. The summed E-state index contributed by atoms with van der Waals surface area (Å²) in [7, 11) is 1.18. The third kappa shape index (κ3) is 6.20. The number of alkyl halides is 3. The number of ether oxygens (including phenoxy) is 2. The minimum Gasteiger partial charge on any atom is -0.469 e. The van der Waals surface area contributed by atoms with Crippen LogP contribution in [0.2, 0.25) is 5.02 Å². The number of rotatable bonds is 7. The third-order valence-corrected chi connectivity index (χ3v) is 4.35. The molecule has 1 amide bonds. The minimum atomic E-state index is -4.82. The summed E-state index contributed by atoms with van der Waals surface area (Å²) >= 11 is 5.82. The predicted molar refractivity (Wildman–Crippen MR) is 105 cm³/mol. The summed E-state index contributed by atoms with van der Waals surface area (Å²) in [6.45, 7) is 0. The first kappa shape index (κ1) is 23.1. The Morgan fingerprint density at radius 1 is 1.12 bits per heavy atom. The van der Waals surface area contributed by atoms with E-state index in [1.54, 1.807) is 0 Å². The van der Waals surface area contributed by atoms with Crippen molar-refractivity contribution >= 4 is 23.5 Å². The number of nitrogens with one attached hydrogen (secondary N) is 1.